The molecule has 8 heteroatoms. The molecule has 0 bridgehead atoms. The molecule has 1 aromatic rings. The number of amides is 1. The number of aliphatic carboxylic acids is 1. The van der Waals surface area contributed by atoms with Gasteiger partial charge in [0.2, 0.25) is 15.9 Å². The minimum Gasteiger partial charge on any atom is -0.480 e. The molecular formula is C12H14N2O5S. The van der Waals surface area contributed by atoms with Gasteiger partial charge in [-0.15, -0.1) is 0 Å². The highest BCUT2D eigenvalue weighted by molar-refractivity contribution is 7.92. The highest BCUT2D eigenvalue weighted by atomic mass is 32.2. The quantitative estimate of drug-likeness (QED) is 0.648. The van der Waals surface area contributed by atoms with Crippen LogP contribution in [-0.4, -0.2) is 31.4 Å². The van der Waals surface area contributed by atoms with Crippen molar-refractivity contribution in [2.24, 2.45) is 5.73 Å². The van der Waals surface area contributed by atoms with Gasteiger partial charge in [0, 0.05) is 5.41 Å². The van der Waals surface area contributed by atoms with Crippen molar-refractivity contribution in [1.29, 1.82) is 0 Å². The van der Waals surface area contributed by atoms with Crippen LogP contribution in [0.1, 0.15) is 12.0 Å². The van der Waals surface area contributed by atoms with Crippen molar-refractivity contribution in [3.8, 4) is 0 Å². The van der Waals surface area contributed by atoms with E-state index in [4.69, 9.17) is 10.8 Å². The van der Waals surface area contributed by atoms with E-state index in [1.807, 2.05) is 4.72 Å². The van der Waals surface area contributed by atoms with Crippen molar-refractivity contribution in [3.05, 3.63) is 41.3 Å². The number of carboxylic acid groups (broad SMARTS) is 1. The summed E-state index contributed by atoms with van der Waals surface area (Å²) in [4.78, 5) is 21.5. The molecule has 4 N–H and O–H groups in total. The van der Waals surface area contributed by atoms with Crippen LogP contribution in [0.4, 0.5) is 0 Å². The summed E-state index contributed by atoms with van der Waals surface area (Å²) in [5.74, 6) is -2.38. The van der Waals surface area contributed by atoms with E-state index >= 15 is 0 Å². The highest BCUT2D eigenvalue weighted by Gasteiger charge is 2.24. The van der Waals surface area contributed by atoms with Crippen LogP contribution in [0.25, 0.3) is 6.08 Å². The highest BCUT2D eigenvalue weighted by Crippen LogP contribution is 2.04. The van der Waals surface area contributed by atoms with Crippen LogP contribution >= 0.6 is 0 Å². The molecule has 20 heavy (non-hydrogen) atoms. The maximum atomic E-state index is 11.7. The zero-order valence-corrected chi connectivity index (χ0v) is 11.2. The number of hydrogen-bond donors (Lipinski definition) is 3. The first-order valence-electron chi connectivity index (χ1n) is 5.57. The minimum atomic E-state index is -3.99. The Balaban J connectivity index is 2.80. The molecule has 1 aromatic carbocycles. The van der Waals surface area contributed by atoms with E-state index in [1.54, 1.807) is 30.3 Å². The molecule has 0 saturated heterocycles. The third kappa shape index (κ3) is 5.63. The smallest absolute Gasteiger partial charge is 0.322 e. The van der Waals surface area contributed by atoms with E-state index in [0.717, 1.165) is 5.41 Å². The number of carbonyl (C=O) groups excluding carboxylic acids is 1. The SMILES string of the molecule is NC(=O)CC(NS(=O)(=O)/C=C/c1ccccc1)C(=O)O. The summed E-state index contributed by atoms with van der Waals surface area (Å²) in [5, 5.41) is 9.64. The van der Waals surface area contributed by atoms with E-state index < -0.39 is 34.4 Å². The van der Waals surface area contributed by atoms with Gasteiger partial charge in [-0.2, -0.15) is 4.72 Å². The van der Waals surface area contributed by atoms with Gasteiger partial charge < -0.3 is 10.8 Å². The number of carbonyl (C=O) groups is 2. The third-order valence-corrected chi connectivity index (χ3v) is 3.36. The molecule has 1 unspecified atom stereocenters. The fraction of sp³-hybridized carbons (Fsp3) is 0.167. The number of sulfonamides is 1. The van der Waals surface area contributed by atoms with Gasteiger partial charge in [0.05, 0.1) is 6.42 Å². The second-order valence-corrected chi connectivity index (χ2v) is 5.54. The Morgan fingerprint density at radius 1 is 1.30 bits per heavy atom. The van der Waals surface area contributed by atoms with Crippen LogP contribution < -0.4 is 10.5 Å². The van der Waals surface area contributed by atoms with Gasteiger partial charge in [-0.1, -0.05) is 30.3 Å². The Labute approximate surface area is 116 Å². The van der Waals surface area contributed by atoms with E-state index in [9.17, 15) is 18.0 Å². The van der Waals surface area contributed by atoms with Gasteiger partial charge in [-0.05, 0) is 11.6 Å². The fourth-order valence-electron chi connectivity index (χ4n) is 1.35. The van der Waals surface area contributed by atoms with Gasteiger partial charge >= 0.3 is 5.97 Å². The lowest BCUT2D eigenvalue weighted by molar-refractivity contribution is -0.140. The predicted octanol–water partition coefficient (Wildman–Crippen LogP) is -0.0947. The Morgan fingerprint density at radius 2 is 1.90 bits per heavy atom. The van der Waals surface area contributed by atoms with Gasteiger partial charge in [-0.25, -0.2) is 8.42 Å². The van der Waals surface area contributed by atoms with Crippen LogP contribution in [0.2, 0.25) is 0 Å². The average Bonchev–Trinajstić information content (AvgIpc) is 2.36. The molecule has 1 rings (SSSR count). The minimum absolute atomic E-state index is 0.617. The Hall–Kier alpha value is -2.19. The largest absolute Gasteiger partial charge is 0.480 e. The summed E-state index contributed by atoms with van der Waals surface area (Å²) < 4.78 is 25.3. The molecule has 0 aliphatic heterocycles. The number of carboxylic acids is 1. The molecule has 108 valence electrons. The molecule has 0 aliphatic carbocycles. The van der Waals surface area contributed by atoms with Crippen molar-refractivity contribution in [3.63, 3.8) is 0 Å². The first-order chi connectivity index (χ1) is 9.30. The first kappa shape index (κ1) is 15.9. The molecule has 7 nitrogen and oxygen atoms in total. The summed E-state index contributed by atoms with van der Waals surface area (Å²) >= 11 is 0. The zero-order chi connectivity index (χ0) is 15.2. The second-order valence-electron chi connectivity index (χ2n) is 3.94. The molecular weight excluding hydrogens is 284 g/mol. The van der Waals surface area contributed by atoms with Gasteiger partial charge in [0.15, 0.2) is 0 Å². The van der Waals surface area contributed by atoms with Crippen molar-refractivity contribution in [2.75, 3.05) is 0 Å². The van der Waals surface area contributed by atoms with Crippen LogP contribution in [0.15, 0.2) is 35.7 Å². The zero-order valence-electron chi connectivity index (χ0n) is 10.4. The number of primary amides is 1. The van der Waals surface area contributed by atoms with Crippen LogP contribution in [-0.2, 0) is 19.6 Å². The van der Waals surface area contributed by atoms with Crippen molar-refractivity contribution in [1.82, 2.24) is 4.72 Å². The molecule has 1 amide bonds. The van der Waals surface area contributed by atoms with E-state index in [-0.39, 0.29) is 0 Å². The number of benzene rings is 1. The number of nitrogens with two attached hydrogens (primary N) is 1. The molecule has 0 aromatic heterocycles. The Morgan fingerprint density at radius 3 is 2.40 bits per heavy atom. The molecule has 0 spiro atoms. The molecule has 0 aliphatic rings. The summed E-state index contributed by atoms with van der Waals surface area (Å²) in [6.45, 7) is 0. The standard InChI is InChI=1S/C12H14N2O5S/c13-11(15)8-10(12(16)17)14-20(18,19)7-6-9-4-2-1-3-5-9/h1-7,10,14H,8H2,(H2,13,15)(H,16,17)/b7-6+. The summed E-state index contributed by atoms with van der Waals surface area (Å²) in [7, 11) is -3.99. The van der Waals surface area contributed by atoms with E-state index in [1.165, 1.54) is 6.08 Å². The van der Waals surface area contributed by atoms with E-state index in [0.29, 0.717) is 5.56 Å². The normalized spacial score (nSPS) is 13.2. The monoisotopic (exact) mass is 298 g/mol. The van der Waals surface area contributed by atoms with Gasteiger partial charge in [0.1, 0.15) is 6.04 Å². The molecule has 1 atom stereocenters. The Kier molecular flexibility index (Phi) is 5.42. The molecule has 0 fully saturated rings. The van der Waals surface area contributed by atoms with Crippen molar-refractivity contribution in [2.45, 2.75) is 12.5 Å². The average molecular weight is 298 g/mol. The van der Waals surface area contributed by atoms with Gasteiger partial charge in [-0.3, -0.25) is 9.59 Å². The molecule has 0 heterocycles. The maximum Gasteiger partial charge on any atom is 0.322 e. The lowest BCUT2D eigenvalue weighted by atomic mass is 10.2. The summed E-state index contributed by atoms with van der Waals surface area (Å²) in [6, 6.07) is 7.02. The lowest BCUT2D eigenvalue weighted by Gasteiger charge is -2.10. The van der Waals surface area contributed by atoms with Gasteiger partial charge in [0.25, 0.3) is 0 Å². The Bertz CT molecular complexity index is 610. The number of nitrogens with one attached hydrogen (secondary N) is 1. The van der Waals surface area contributed by atoms with Crippen LogP contribution in [0, 0.1) is 0 Å². The first-order valence-corrected chi connectivity index (χ1v) is 7.11. The molecule has 0 radical (unpaired) electrons. The van der Waals surface area contributed by atoms with Crippen LogP contribution in [0.3, 0.4) is 0 Å². The molecule has 0 saturated carbocycles. The number of hydrogen-bond acceptors (Lipinski definition) is 4. The number of rotatable bonds is 7. The van der Waals surface area contributed by atoms with Crippen molar-refractivity contribution >= 4 is 28.0 Å². The van der Waals surface area contributed by atoms with Crippen LogP contribution in [0.5, 0.6) is 0 Å². The topological polar surface area (TPSA) is 127 Å². The summed E-state index contributed by atoms with van der Waals surface area (Å²) in [6.07, 6.45) is 0.694. The summed E-state index contributed by atoms with van der Waals surface area (Å²) in [5.41, 5.74) is 5.50. The van der Waals surface area contributed by atoms with E-state index in [2.05, 4.69) is 0 Å². The predicted molar refractivity (Wildman–Crippen MR) is 72.8 cm³/mol. The lowest BCUT2D eigenvalue weighted by Crippen LogP contribution is -2.42. The second kappa shape index (κ2) is 6.83. The maximum absolute atomic E-state index is 11.7. The van der Waals surface area contributed by atoms with Crippen molar-refractivity contribution < 1.29 is 23.1 Å². The fourth-order valence-corrected chi connectivity index (χ4v) is 2.35. The third-order valence-electron chi connectivity index (χ3n) is 2.25.